The Morgan fingerprint density at radius 2 is 1.92 bits per heavy atom. The molecule has 0 spiro atoms. The molecule has 0 aliphatic carbocycles. The molecule has 2 rings (SSSR count). The number of nitrogens with one attached hydrogen (secondary N) is 1. The van der Waals surface area contributed by atoms with E-state index in [9.17, 15) is 9.59 Å². The maximum Gasteiger partial charge on any atom is 0.251 e. The van der Waals surface area contributed by atoms with Gasteiger partial charge in [0.1, 0.15) is 11.5 Å². The molecule has 1 aromatic rings. The second-order valence-electron chi connectivity index (χ2n) is 6.09. The minimum atomic E-state index is -0.162. The van der Waals surface area contributed by atoms with Crippen LogP contribution in [0.1, 0.15) is 23.2 Å². The van der Waals surface area contributed by atoms with Crippen LogP contribution < -0.4 is 14.8 Å². The van der Waals surface area contributed by atoms with Crippen LogP contribution >= 0.6 is 11.8 Å². The number of piperidine rings is 1. The average Bonchev–Trinajstić information content (AvgIpc) is 2.66. The number of rotatable bonds is 7. The molecule has 0 bridgehead atoms. The van der Waals surface area contributed by atoms with E-state index >= 15 is 0 Å². The molecule has 0 aromatic heterocycles. The minimum absolute atomic E-state index is 0.162. The first-order valence-corrected chi connectivity index (χ1v) is 9.74. The molecule has 6 nitrogen and oxygen atoms in total. The predicted octanol–water partition coefficient (Wildman–Crippen LogP) is 2.04. The largest absolute Gasteiger partial charge is 0.497 e. The van der Waals surface area contributed by atoms with Gasteiger partial charge in [-0.2, -0.15) is 11.8 Å². The molecule has 2 amide bonds. The van der Waals surface area contributed by atoms with E-state index in [-0.39, 0.29) is 17.7 Å². The van der Waals surface area contributed by atoms with Crippen molar-refractivity contribution in [2.75, 3.05) is 45.9 Å². The van der Waals surface area contributed by atoms with Gasteiger partial charge in [0.2, 0.25) is 5.91 Å². The van der Waals surface area contributed by atoms with E-state index in [1.54, 1.807) is 44.2 Å². The predicted molar refractivity (Wildman–Crippen MR) is 99.6 cm³/mol. The molecule has 0 radical (unpaired) electrons. The number of likely N-dealkylation sites (tertiary alicyclic amines) is 1. The van der Waals surface area contributed by atoms with E-state index in [0.29, 0.717) is 35.9 Å². The molecule has 1 fully saturated rings. The fraction of sp³-hybridized carbons (Fsp3) is 0.556. The molecule has 1 N–H and O–H groups in total. The Balaban J connectivity index is 1.92. The lowest BCUT2D eigenvalue weighted by Crippen LogP contribution is -2.44. The monoisotopic (exact) mass is 366 g/mol. The highest BCUT2D eigenvalue weighted by Gasteiger charge is 2.23. The van der Waals surface area contributed by atoms with Crippen molar-refractivity contribution in [2.24, 2.45) is 5.92 Å². The minimum Gasteiger partial charge on any atom is -0.497 e. The van der Waals surface area contributed by atoms with E-state index in [4.69, 9.17) is 9.47 Å². The topological polar surface area (TPSA) is 67.9 Å². The summed E-state index contributed by atoms with van der Waals surface area (Å²) in [6, 6.07) is 5.10. The Kier molecular flexibility index (Phi) is 7.43. The van der Waals surface area contributed by atoms with E-state index in [0.717, 1.165) is 19.4 Å². The average molecular weight is 366 g/mol. The summed E-state index contributed by atoms with van der Waals surface area (Å²) in [4.78, 5) is 26.4. The third-order valence-corrected chi connectivity index (χ3v) is 4.84. The van der Waals surface area contributed by atoms with Crippen LogP contribution in [0.2, 0.25) is 0 Å². The van der Waals surface area contributed by atoms with Gasteiger partial charge in [-0.15, -0.1) is 0 Å². The van der Waals surface area contributed by atoms with Crippen molar-refractivity contribution in [1.29, 1.82) is 0 Å². The van der Waals surface area contributed by atoms with Crippen LogP contribution in [0.5, 0.6) is 11.5 Å². The van der Waals surface area contributed by atoms with Crippen molar-refractivity contribution >= 4 is 23.6 Å². The van der Waals surface area contributed by atoms with Crippen LogP contribution in [0.3, 0.4) is 0 Å². The Hall–Kier alpha value is -1.89. The SMILES string of the molecule is COc1cc(OC)cc(C(=O)NC[C@@H]2CCCN(C(=O)CSC)C2)c1. The fourth-order valence-electron chi connectivity index (χ4n) is 2.95. The lowest BCUT2D eigenvalue weighted by Gasteiger charge is -2.32. The van der Waals surface area contributed by atoms with Gasteiger partial charge in [0.05, 0.1) is 20.0 Å². The van der Waals surface area contributed by atoms with Crippen molar-refractivity contribution in [3.8, 4) is 11.5 Å². The van der Waals surface area contributed by atoms with Gasteiger partial charge < -0.3 is 19.7 Å². The second-order valence-corrected chi connectivity index (χ2v) is 6.96. The van der Waals surface area contributed by atoms with Crippen LogP contribution in [0.15, 0.2) is 18.2 Å². The number of methoxy groups -OCH3 is 2. The third-order valence-electron chi connectivity index (χ3n) is 4.30. The number of carbonyl (C=O) groups is 2. The van der Waals surface area contributed by atoms with Crippen molar-refractivity contribution in [3.05, 3.63) is 23.8 Å². The highest BCUT2D eigenvalue weighted by molar-refractivity contribution is 7.99. The van der Waals surface area contributed by atoms with Crippen LogP contribution in [-0.4, -0.2) is 62.6 Å². The number of nitrogens with zero attached hydrogens (tertiary/aromatic N) is 1. The highest BCUT2D eigenvalue weighted by atomic mass is 32.2. The summed E-state index contributed by atoms with van der Waals surface area (Å²) in [6.07, 6.45) is 3.93. The molecule has 1 heterocycles. The molecule has 1 aliphatic heterocycles. The van der Waals surface area contributed by atoms with Gasteiger partial charge in [-0.3, -0.25) is 9.59 Å². The zero-order chi connectivity index (χ0) is 18.2. The van der Waals surface area contributed by atoms with Crippen LogP contribution in [-0.2, 0) is 4.79 Å². The summed E-state index contributed by atoms with van der Waals surface area (Å²) in [5.74, 6) is 1.98. The normalized spacial score (nSPS) is 17.1. The number of benzene rings is 1. The number of carbonyl (C=O) groups excluding carboxylic acids is 2. The fourth-order valence-corrected chi connectivity index (χ4v) is 3.38. The number of hydrogen-bond acceptors (Lipinski definition) is 5. The zero-order valence-corrected chi connectivity index (χ0v) is 15.9. The standard InChI is InChI=1S/C18H26N2O4S/c1-23-15-7-14(8-16(9-15)24-2)18(22)19-10-13-5-4-6-20(11-13)17(21)12-25-3/h7-9,13H,4-6,10-12H2,1-3H3,(H,19,22)/t13-/m0/s1. The molecule has 1 atom stereocenters. The van der Waals surface area contributed by atoms with E-state index in [1.165, 1.54) is 0 Å². The van der Waals surface area contributed by atoms with Crippen molar-refractivity contribution in [3.63, 3.8) is 0 Å². The van der Waals surface area contributed by atoms with Gasteiger partial charge in [-0.25, -0.2) is 0 Å². The van der Waals surface area contributed by atoms with Gasteiger partial charge in [0.25, 0.3) is 5.91 Å². The Labute approximate surface area is 153 Å². The molecule has 138 valence electrons. The molecule has 1 aromatic carbocycles. The van der Waals surface area contributed by atoms with Crippen LogP contribution in [0.4, 0.5) is 0 Å². The van der Waals surface area contributed by atoms with E-state index in [2.05, 4.69) is 5.32 Å². The van der Waals surface area contributed by atoms with Gasteiger partial charge in [-0.05, 0) is 37.1 Å². The van der Waals surface area contributed by atoms with E-state index in [1.807, 2.05) is 11.2 Å². The number of hydrogen-bond donors (Lipinski definition) is 1. The zero-order valence-electron chi connectivity index (χ0n) is 15.0. The summed E-state index contributed by atoms with van der Waals surface area (Å²) in [5, 5.41) is 2.97. The lowest BCUT2D eigenvalue weighted by molar-refractivity contribution is -0.130. The second kappa shape index (κ2) is 9.56. The summed E-state index contributed by atoms with van der Waals surface area (Å²) < 4.78 is 10.4. The van der Waals surface area contributed by atoms with Crippen molar-refractivity contribution in [1.82, 2.24) is 10.2 Å². The molecule has 25 heavy (non-hydrogen) atoms. The number of thioether (sulfide) groups is 1. The van der Waals surface area contributed by atoms with E-state index < -0.39 is 0 Å². The Morgan fingerprint density at radius 1 is 1.24 bits per heavy atom. The van der Waals surface area contributed by atoms with Gasteiger partial charge in [0, 0.05) is 31.3 Å². The highest BCUT2D eigenvalue weighted by Crippen LogP contribution is 2.23. The van der Waals surface area contributed by atoms with Crippen LogP contribution in [0, 0.1) is 5.92 Å². The molecule has 1 saturated heterocycles. The molecule has 1 aliphatic rings. The summed E-state index contributed by atoms with van der Waals surface area (Å²) in [5.41, 5.74) is 0.502. The van der Waals surface area contributed by atoms with Gasteiger partial charge in [0.15, 0.2) is 0 Å². The van der Waals surface area contributed by atoms with Gasteiger partial charge >= 0.3 is 0 Å². The first-order chi connectivity index (χ1) is 12.1. The number of amides is 2. The first-order valence-electron chi connectivity index (χ1n) is 8.35. The molecule has 0 saturated carbocycles. The maximum absolute atomic E-state index is 12.4. The Bertz CT molecular complexity index is 586. The smallest absolute Gasteiger partial charge is 0.251 e. The first kappa shape index (κ1) is 19.4. The number of ether oxygens (including phenoxy) is 2. The molecular weight excluding hydrogens is 340 g/mol. The van der Waals surface area contributed by atoms with Gasteiger partial charge in [-0.1, -0.05) is 0 Å². The molecule has 7 heteroatoms. The van der Waals surface area contributed by atoms with Crippen molar-refractivity contribution < 1.29 is 19.1 Å². The Morgan fingerprint density at radius 3 is 2.52 bits per heavy atom. The molecular formula is C18H26N2O4S. The lowest BCUT2D eigenvalue weighted by atomic mass is 9.98. The summed E-state index contributed by atoms with van der Waals surface area (Å²) in [6.45, 7) is 2.08. The summed E-state index contributed by atoms with van der Waals surface area (Å²) in [7, 11) is 3.11. The summed E-state index contributed by atoms with van der Waals surface area (Å²) >= 11 is 1.54. The van der Waals surface area contributed by atoms with Crippen LogP contribution in [0.25, 0.3) is 0 Å². The quantitative estimate of drug-likeness (QED) is 0.800. The van der Waals surface area contributed by atoms with Crippen molar-refractivity contribution in [2.45, 2.75) is 12.8 Å². The molecule has 0 unspecified atom stereocenters. The maximum atomic E-state index is 12.4. The third kappa shape index (κ3) is 5.56.